The highest BCUT2D eigenvalue weighted by molar-refractivity contribution is 5.82. The second kappa shape index (κ2) is 5.73. The first kappa shape index (κ1) is 13.8. The SMILES string of the molecule is CC1=C(CCN2CCc3oc4ccccc4c3C2)CCC=N1. The van der Waals surface area contributed by atoms with E-state index in [1.165, 1.54) is 34.4 Å². The molecule has 1 aromatic heterocycles. The van der Waals surface area contributed by atoms with Gasteiger partial charge in [-0.05, 0) is 37.8 Å². The number of nitrogens with zero attached hydrogens (tertiary/aromatic N) is 2. The summed E-state index contributed by atoms with van der Waals surface area (Å²) in [5.74, 6) is 1.19. The zero-order chi connectivity index (χ0) is 14.9. The van der Waals surface area contributed by atoms with E-state index in [0.29, 0.717) is 0 Å². The molecule has 22 heavy (non-hydrogen) atoms. The van der Waals surface area contributed by atoms with Crippen molar-refractivity contribution in [1.82, 2.24) is 4.90 Å². The smallest absolute Gasteiger partial charge is 0.134 e. The highest BCUT2D eigenvalue weighted by Crippen LogP contribution is 2.31. The Labute approximate surface area is 131 Å². The molecule has 0 N–H and O–H groups in total. The minimum absolute atomic E-state index is 1.02. The van der Waals surface area contributed by atoms with Gasteiger partial charge in [-0.2, -0.15) is 0 Å². The van der Waals surface area contributed by atoms with Crippen LogP contribution in [0.2, 0.25) is 0 Å². The van der Waals surface area contributed by atoms with Crippen LogP contribution in [0, 0.1) is 0 Å². The predicted octanol–water partition coefficient (Wildman–Crippen LogP) is 4.32. The second-order valence-corrected chi connectivity index (χ2v) is 6.32. The third-order valence-corrected chi connectivity index (χ3v) is 4.92. The first-order valence-corrected chi connectivity index (χ1v) is 8.24. The molecule has 0 amide bonds. The molecule has 4 rings (SSSR count). The molecule has 0 radical (unpaired) electrons. The van der Waals surface area contributed by atoms with Crippen LogP contribution in [0.4, 0.5) is 0 Å². The van der Waals surface area contributed by atoms with Gasteiger partial charge in [-0.3, -0.25) is 9.89 Å². The number of allylic oxidation sites excluding steroid dienone is 1. The molecule has 0 saturated carbocycles. The summed E-state index contributed by atoms with van der Waals surface area (Å²) < 4.78 is 6.00. The molecule has 0 bridgehead atoms. The lowest BCUT2D eigenvalue weighted by atomic mass is 10.0. The third kappa shape index (κ3) is 2.50. The minimum atomic E-state index is 1.02. The summed E-state index contributed by atoms with van der Waals surface area (Å²) in [5.41, 5.74) is 5.20. The van der Waals surface area contributed by atoms with E-state index in [0.717, 1.165) is 44.5 Å². The molecule has 0 fully saturated rings. The van der Waals surface area contributed by atoms with Gasteiger partial charge in [-0.1, -0.05) is 18.2 Å². The van der Waals surface area contributed by atoms with Crippen LogP contribution in [0.15, 0.2) is 44.9 Å². The monoisotopic (exact) mass is 294 g/mol. The number of furan rings is 1. The predicted molar refractivity (Wildman–Crippen MR) is 90.2 cm³/mol. The minimum Gasteiger partial charge on any atom is -0.461 e. The van der Waals surface area contributed by atoms with Gasteiger partial charge >= 0.3 is 0 Å². The molecular formula is C19H22N2O. The van der Waals surface area contributed by atoms with Crippen LogP contribution in [-0.4, -0.2) is 24.2 Å². The molecule has 3 heteroatoms. The van der Waals surface area contributed by atoms with E-state index < -0.39 is 0 Å². The van der Waals surface area contributed by atoms with Crippen LogP contribution in [0.3, 0.4) is 0 Å². The van der Waals surface area contributed by atoms with Crippen molar-refractivity contribution in [2.24, 2.45) is 4.99 Å². The average molecular weight is 294 g/mol. The van der Waals surface area contributed by atoms with E-state index in [1.54, 1.807) is 0 Å². The molecule has 2 aromatic rings. The first-order valence-electron chi connectivity index (χ1n) is 8.24. The number of hydrogen-bond donors (Lipinski definition) is 0. The molecule has 0 spiro atoms. The van der Waals surface area contributed by atoms with E-state index >= 15 is 0 Å². The van der Waals surface area contributed by atoms with Gasteiger partial charge in [-0.25, -0.2) is 0 Å². The molecule has 114 valence electrons. The number of rotatable bonds is 3. The van der Waals surface area contributed by atoms with E-state index in [1.807, 2.05) is 12.3 Å². The molecule has 2 aliphatic rings. The van der Waals surface area contributed by atoms with Crippen LogP contribution >= 0.6 is 0 Å². The average Bonchev–Trinajstić information content (AvgIpc) is 2.92. The summed E-state index contributed by atoms with van der Waals surface area (Å²) >= 11 is 0. The lowest BCUT2D eigenvalue weighted by Crippen LogP contribution is -2.31. The molecule has 0 aliphatic carbocycles. The van der Waals surface area contributed by atoms with E-state index in [9.17, 15) is 0 Å². The van der Waals surface area contributed by atoms with Crippen LogP contribution < -0.4 is 0 Å². The highest BCUT2D eigenvalue weighted by Gasteiger charge is 2.22. The largest absolute Gasteiger partial charge is 0.461 e. The van der Waals surface area contributed by atoms with Crippen molar-refractivity contribution < 1.29 is 4.42 Å². The van der Waals surface area contributed by atoms with Crippen molar-refractivity contribution in [2.45, 2.75) is 39.2 Å². The Morgan fingerprint density at radius 3 is 3.05 bits per heavy atom. The second-order valence-electron chi connectivity index (χ2n) is 6.32. The van der Waals surface area contributed by atoms with Gasteiger partial charge in [0.15, 0.2) is 0 Å². The Morgan fingerprint density at radius 1 is 1.23 bits per heavy atom. The zero-order valence-electron chi connectivity index (χ0n) is 13.1. The van der Waals surface area contributed by atoms with E-state index in [-0.39, 0.29) is 0 Å². The maximum Gasteiger partial charge on any atom is 0.134 e. The van der Waals surface area contributed by atoms with Gasteiger partial charge in [0, 0.05) is 48.9 Å². The highest BCUT2D eigenvalue weighted by atomic mass is 16.3. The third-order valence-electron chi connectivity index (χ3n) is 4.92. The fraction of sp³-hybridized carbons (Fsp3) is 0.421. The fourth-order valence-corrected chi connectivity index (χ4v) is 3.59. The normalized spacial score (nSPS) is 19.0. The number of aliphatic imine (C=N–C) groups is 1. The van der Waals surface area contributed by atoms with Crippen molar-refractivity contribution in [2.75, 3.05) is 13.1 Å². The lowest BCUT2D eigenvalue weighted by Gasteiger charge is -2.27. The number of benzene rings is 1. The van der Waals surface area contributed by atoms with Crippen LogP contribution in [0.25, 0.3) is 11.0 Å². The van der Waals surface area contributed by atoms with Gasteiger partial charge in [0.05, 0.1) is 0 Å². The molecule has 1 aromatic carbocycles. The number of para-hydroxylation sites is 1. The first-order chi connectivity index (χ1) is 10.8. The number of fused-ring (bicyclic) bond motifs is 3. The Balaban J connectivity index is 1.49. The lowest BCUT2D eigenvalue weighted by molar-refractivity contribution is 0.246. The van der Waals surface area contributed by atoms with Gasteiger partial charge in [0.1, 0.15) is 11.3 Å². The molecule has 3 nitrogen and oxygen atoms in total. The van der Waals surface area contributed by atoms with Crippen molar-refractivity contribution in [1.29, 1.82) is 0 Å². The van der Waals surface area contributed by atoms with Crippen LogP contribution in [0.5, 0.6) is 0 Å². The Bertz CT molecular complexity index is 754. The van der Waals surface area contributed by atoms with Gasteiger partial charge in [0.25, 0.3) is 0 Å². The molecule has 0 unspecified atom stereocenters. The summed E-state index contributed by atoms with van der Waals surface area (Å²) in [7, 11) is 0. The summed E-state index contributed by atoms with van der Waals surface area (Å²) in [5, 5.41) is 1.29. The van der Waals surface area contributed by atoms with Crippen molar-refractivity contribution in [3.63, 3.8) is 0 Å². The maximum absolute atomic E-state index is 6.00. The molecule has 3 heterocycles. The molecule has 0 atom stereocenters. The van der Waals surface area contributed by atoms with Gasteiger partial charge in [0.2, 0.25) is 0 Å². The van der Waals surface area contributed by atoms with E-state index in [2.05, 4.69) is 35.0 Å². The van der Waals surface area contributed by atoms with E-state index in [4.69, 9.17) is 4.42 Å². The Morgan fingerprint density at radius 2 is 2.14 bits per heavy atom. The molecule has 2 aliphatic heterocycles. The van der Waals surface area contributed by atoms with Crippen molar-refractivity contribution in [3.05, 3.63) is 46.9 Å². The van der Waals surface area contributed by atoms with Crippen molar-refractivity contribution >= 4 is 17.2 Å². The summed E-state index contributed by atoms with van der Waals surface area (Å²) in [6.07, 6.45) is 6.50. The maximum atomic E-state index is 6.00. The fourth-order valence-electron chi connectivity index (χ4n) is 3.59. The molecular weight excluding hydrogens is 272 g/mol. The quantitative estimate of drug-likeness (QED) is 0.843. The van der Waals surface area contributed by atoms with Crippen LogP contribution in [0.1, 0.15) is 37.5 Å². The molecule has 0 saturated heterocycles. The zero-order valence-corrected chi connectivity index (χ0v) is 13.1. The summed E-state index contributed by atoms with van der Waals surface area (Å²) in [4.78, 5) is 7.02. The standard InChI is InChI=1S/C19H22N2O/c1-14-15(5-4-10-20-14)8-11-21-12-9-19-17(13-21)16-6-2-3-7-18(16)22-19/h2-3,6-7,10H,4-5,8-9,11-13H2,1H3. The van der Waals surface area contributed by atoms with Gasteiger partial charge in [-0.15, -0.1) is 0 Å². The summed E-state index contributed by atoms with van der Waals surface area (Å²) in [6, 6.07) is 8.41. The Kier molecular flexibility index (Phi) is 3.59. The topological polar surface area (TPSA) is 28.7 Å². The number of hydrogen-bond acceptors (Lipinski definition) is 3. The van der Waals surface area contributed by atoms with Crippen molar-refractivity contribution in [3.8, 4) is 0 Å². The Hall–Kier alpha value is -1.87. The van der Waals surface area contributed by atoms with Crippen LogP contribution in [-0.2, 0) is 13.0 Å². The summed E-state index contributed by atoms with van der Waals surface area (Å²) in [6.45, 7) is 5.38. The van der Waals surface area contributed by atoms with Gasteiger partial charge < -0.3 is 4.42 Å².